The van der Waals surface area contributed by atoms with Crippen LogP contribution in [0.3, 0.4) is 0 Å². The number of tetrazole rings is 1. The van der Waals surface area contributed by atoms with Crippen LogP contribution in [0.5, 0.6) is 0 Å². The molecule has 0 aliphatic heterocycles. The normalized spacial score (nSPS) is 11.5. The summed E-state index contributed by atoms with van der Waals surface area (Å²) in [4.78, 5) is 11.9. The fraction of sp³-hybridized carbons (Fsp3) is 0.467. The standard InChI is InChI=1S/C15H21N7OS/c1-20-12-6-5-11(9-13(12)21(2)15(20)23)10-16-7-4-8-24-14-17-18-19-22(14)3/h5-6,9,16H,4,7-8,10H2,1-3H3. The third kappa shape index (κ3) is 3.36. The van der Waals surface area contributed by atoms with Crippen LogP contribution in [-0.4, -0.2) is 41.6 Å². The molecule has 128 valence electrons. The zero-order valence-corrected chi connectivity index (χ0v) is 14.9. The van der Waals surface area contributed by atoms with E-state index in [4.69, 9.17) is 0 Å². The molecule has 0 aliphatic carbocycles. The van der Waals surface area contributed by atoms with Gasteiger partial charge < -0.3 is 5.32 Å². The van der Waals surface area contributed by atoms with Crippen LogP contribution in [-0.2, 0) is 27.7 Å². The third-order valence-corrected chi connectivity index (χ3v) is 5.07. The quantitative estimate of drug-likeness (QED) is 0.500. The van der Waals surface area contributed by atoms with Gasteiger partial charge in [-0.3, -0.25) is 9.13 Å². The van der Waals surface area contributed by atoms with Crippen molar-refractivity contribution in [2.75, 3.05) is 12.3 Å². The third-order valence-electron chi connectivity index (χ3n) is 3.98. The smallest absolute Gasteiger partial charge is 0.313 e. The number of thioether (sulfide) groups is 1. The second-order valence-corrected chi connectivity index (χ2v) is 6.75. The Bertz CT molecular complexity index is 895. The first kappa shape index (κ1) is 16.7. The minimum Gasteiger partial charge on any atom is -0.313 e. The van der Waals surface area contributed by atoms with Crippen LogP contribution < -0.4 is 11.0 Å². The molecule has 0 aliphatic rings. The first-order chi connectivity index (χ1) is 11.6. The van der Waals surface area contributed by atoms with E-state index in [0.717, 1.165) is 41.5 Å². The van der Waals surface area contributed by atoms with E-state index in [0.29, 0.717) is 0 Å². The monoisotopic (exact) mass is 347 g/mol. The Labute approximate surface area is 143 Å². The highest BCUT2D eigenvalue weighted by Gasteiger charge is 2.08. The molecule has 0 bridgehead atoms. The van der Waals surface area contributed by atoms with E-state index in [1.807, 2.05) is 13.1 Å². The van der Waals surface area contributed by atoms with Crippen LogP contribution in [0.15, 0.2) is 28.2 Å². The van der Waals surface area contributed by atoms with Crippen molar-refractivity contribution in [2.45, 2.75) is 18.1 Å². The SMILES string of the molecule is Cn1nnnc1SCCCNCc1ccc2c(c1)n(C)c(=O)n2C. The van der Waals surface area contributed by atoms with Crippen molar-refractivity contribution in [1.29, 1.82) is 0 Å². The second-order valence-electron chi connectivity index (χ2n) is 5.69. The van der Waals surface area contributed by atoms with E-state index < -0.39 is 0 Å². The molecule has 3 rings (SSSR count). The Balaban J connectivity index is 1.48. The fourth-order valence-electron chi connectivity index (χ4n) is 2.60. The zero-order chi connectivity index (χ0) is 17.1. The van der Waals surface area contributed by atoms with E-state index in [1.165, 1.54) is 5.56 Å². The highest BCUT2D eigenvalue weighted by atomic mass is 32.2. The molecular weight excluding hydrogens is 326 g/mol. The van der Waals surface area contributed by atoms with Gasteiger partial charge in [0.05, 0.1) is 11.0 Å². The molecule has 0 saturated carbocycles. The van der Waals surface area contributed by atoms with Crippen LogP contribution in [0.4, 0.5) is 0 Å². The van der Waals surface area contributed by atoms with E-state index in [9.17, 15) is 4.79 Å². The summed E-state index contributed by atoms with van der Waals surface area (Å²) in [7, 11) is 5.45. The first-order valence-electron chi connectivity index (χ1n) is 7.78. The number of nitrogens with one attached hydrogen (secondary N) is 1. The van der Waals surface area contributed by atoms with E-state index in [2.05, 4.69) is 33.0 Å². The molecule has 0 radical (unpaired) electrons. The van der Waals surface area contributed by atoms with Crippen LogP contribution in [0, 0.1) is 0 Å². The predicted molar refractivity (Wildman–Crippen MR) is 94.0 cm³/mol. The summed E-state index contributed by atoms with van der Waals surface area (Å²) in [5, 5.41) is 15.6. The van der Waals surface area contributed by atoms with Crippen LogP contribution in [0.2, 0.25) is 0 Å². The number of aryl methyl sites for hydroxylation is 3. The van der Waals surface area contributed by atoms with Crippen molar-refractivity contribution in [3.8, 4) is 0 Å². The number of fused-ring (bicyclic) bond motifs is 1. The maximum Gasteiger partial charge on any atom is 0.328 e. The van der Waals surface area contributed by atoms with Crippen molar-refractivity contribution in [2.24, 2.45) is 21.1 Å². The number of rotatable bonds is 7. The molecule has 8 nitrogen and oxygen atoms in total. The highest BCUT2D eigenvalue weighted by molar-refractivity contribution is 7.99. The number of hydrogen-bond donors (Lipinski definition) is 1. The lowest BCUT2D eigenvalue weighted by Crippen LogP contribution is -2.19. The molecule has 0 fully saturated rings. The molecule has 2 heterocycles. The molecule has 9 heteroatoms. The molecule has 3 aromatic rings. The Kier molecular flexibility index (Phi) is 5.00. The van der Waals surface area contributed by atoms with Crippen molar-refractivity contribution in [3.63, 3.8) is 0 Å². The lowest BCUT2D eigenvalue weighted by molar-refractivity contribution is 0.661. The van der Waals surface area contributed by atoms with Gasteiger partial charge in [0.1, 0.15) is 0 Å². The molecule has 0 atom stereocenters. The van der Waals surface area contributed by atoms with Gasteiger partial charge in [-0.05, 0) is 41.1 Å². The fourth-order valence-corrected chi connectivity index (χ4v) is 3.39. The lowest BCUT2D eigenvalue weighted by Gasteiger charge is -2.05. The van der Waals surface area contributed by atoms with Crippen molar-refractivity contribution in [1.82, 2.24) is 34.7 Å². The summed E-state index contributed by atoms with van der Waals surface area (Å²) in [6, 6.07) is 6.14. The molecule has 24 heavy (non-hydrogen) atoms. The Morgan fingerprint density at radius 3 is 2.71 bits per heavy atom. The number of nitrogens with zero attached hydrogens (tertiary/aromatic N) is 6. The van der Waals surface area contributed by atoms with Gasteiger partial charge in [0.25, 0.3) is 0 Å². The topological polar surface area (TPSA) is 82.6 Å². The maximum atomic E-state index is 11.9. The molecule has 1 aromatic carbocycles. The summed E-state index contributed by atoms with van der Waals surface area (Å²) in [5.41, 5.74) is 3.10. The van der Waals surface area contributed by atoms with Gasteiger partial charge >= 0.3 is 5.69 Å². The molecule has 1 N–H and O–H groups in total. The number of aromatic nitrogens is 6. The summed E-state index contributed by atoms with van der Waals surface area (Å²) in [5.74, 6) is 0.966. The van der Waals surface area contributed by atoms with Crippen molar-refractivity contribution >= 4 is 22.8 Å². The van der Waals surface area contributed by atoms with Crippen LogP contribution in [0.25, 0.3) is 11.0 Å². The van der Waals surface area contributed by atoms with E-state index >= 15 is 0 Å². The van der Waals surface area contributed by atoms with Crippen LogP contribution >= 0.6 is 11.8 Å². The van der Waals surface area contributed by atoms with Gasteiger partial charge in [0, 0.05) is 33.4 Å². The second kappa shape index (κ2) is 7.18. The molecule has 2 aromatic heterocycles. The van der Waals surface area contributed by atoms with Gasteiger partial charge in [-0.1, -0.05) is 17.8 Å². The molecule has 0 amide bonds. The van der Waals surface area contributed by atoms with Gasteiger partial charge in [0.2, 0.25) is 5.16 Å². The maximum absolute atomic E-state index is 11.9. The molecule has 0 spiro atoms. The summed E-state index contributed by atoms with van der Waals surface area (Å²) in [6.07, 6.45) is 1.03. The largest absolute Gasteiger partial charge is 0.328 e. The molecule has 0 saturated heterocycles. The minimum atomic E-state index is 0.00500. The summed E-state index contributed by atoms with van der Waals surface area (Å²) < 4.78 is 5.03. The number of imidazole rings is 1. The van der Waals surface area contributed by atoms with Crippen molar-refractivity contribution < 1.29 is 0 Å². The highest BCUT2D eigenvalue weighted by Crippen LogP contribution is 2.14. The predicted octanol–water partition coefficient (Wildman–Crippen LogP) is 0.672. The lowest BCUT2D eigenvalue weighted by atomic mass is 10.2. The minimum absolute atomic E-state index is 0.00500. The van der Waals surface area contributed by atoms with Gasteiger partial charge in [-0.25, -0.2) is 9.48 Å². The summed E-state index contributed by atoms with van der Waals surface area (Å²) in [6.45, 7) is 1.71. The average Bonchev–Trinajstić information content (AvgIpc) is 3.08. The zero-order valence-electron chi connectivity index (χ0n) is 14.1. The number of benzene rings is 1. The first-order valence-corrected chi connectivity index (χ1v) is 8.76. The molecular formula is C15H21N7OS. The van der Waals surface area contributed by atoms with Gasteiger partial charge in [-0.2, -0.15) is 0 Å². The Morgan fingerprint density at radius 2 is 1.96 bits per heavy atom. The summed E-state index contributed by atoms with van der Waals surface area (Å²) >= 11 is 1.65. The average molecular weight is 347 g/mol. The van der Waals surface area contributed by atoms with Crippen LogP contribution in [0.1, 0.15) is 12.0 Å². The Hall–Kier alpha value is -2.13. The van der Waals surface area contributed by atoms with Gasteiger partial charge in [0.15, 0.2) is 0 Å². The molecule has 0 unspecified atom stereocenters. The Morgan fingerprint density at radius 1 is 1.17 bits per heavy atom. The van der Waals surface area contributed by atoms with Crippen molar-refractivity contribution in [3.05, 3.63) is 34.2 Å². The number of hydrogen-bond acceptors (Lipinski definition) is 6. The van der Waals surface area contributed by atoms with E-state index in [1.54, 1.807) is 39.7 Å². The van der Waals surface area contributed by atoms with Gasteiger partial charge in [-0.15, -0.1) is 5.10 Å². The van der Waals surface area contributed by atoms with E-state index in [-0.39, 0.29) is 5.69 Å².